The van der Waals surface area contributed by atoms with E-state index in [1.165, 1.54) is 6.07 Å². The van der Waals surface area contributed by atoms with Gasteiger partial charge in [-0.25, -0.2) is 0 Å². The molecule has 0 spiro atoms. The molecule has 0 radical (unpaired) electrons. The second-order valence-electron chi connectivity index (χ2n) is 5.15. The zero-order chi connectivity index (χ0) is 16.6. The van der Waals surface area contributed by atoms with Crippen molar-refractivity contribution in [1.29, 1.82) is 0 Å². The van der Waals surface area contributed by atoms with E-state index < -0.39 is 22.4 Å². The summed E-state index contributed by atoms with van der Waals surface area (Å²) in [5, 5.41) is 21.0. The Morgan fingerprint density at radius 2 is 2.09 bits per heavy atom. The van der Waals surface area contributed by atoms with Crippen molar-refractivity contribution in [2.45, 2.75) is 31.5 Å². The average Bonchev–Trinajstić information content (AvgIpc) is 3.23. The highest BCUT2D eigenvalue weighted by Gasteiger charge is 2.38. The molecule has 0 aliphatic heterocycles. The quantitative estimate of drug-likeness (QED) is 0.667. The largest absolute Gasteiger partial charge is 0.423 e. The third kappa shape index (κ3) is 3.41. The van der Waals surface area contributed by atoms with Crippen LogP contribution in [-0.2, 0) is 12.7 Å². The topological polar surface area (TPSA) is 94.1 Å². The molecule has 1 aromatic heterocycles. The van der Waals surface area contributed by atoms with Gasteiger partial charge in [0.15, 0.2) is 0 Å². The molecule has 23 heavy (non-hydrogen) atoms. The third-order valence-electron chi connectivity index (χ3n) is 3.35. The van der Waals surface area contributed by atoms with Crippen molar-refractivity contribution in [2.24, 2.45) is 0 Å². The fourth-order valence-corrected chi connectivity index (χ4v) is 2.04. The number of alkyl halides is 3. The van der Waals surface area contributed by atoms with E-state index in [1.54, 1.807) is 0 Å². The number of hydrogen-bond acceptors (Lipinski definition) is 6. The smallest absolute Gasteiger partial charge is 0.423 e. The number of anilines is 1. The van der Waals surface area contributed by atoms with E-state index in [4.69, 9.17) is 4.42 Å². The van der Waals surface area contributed by atoms with Gasteiger partial charge in [0.05, 0.1) is 11.5 Å². The van der Waals surface area contributed by atoms with Crippen molar-refractivity contribution in [1.82, 2.24) is 10.2 Å². The number of benzene rings is 1. The van der Waals surface area contributed by atoms with Gasteiger partial charge in [0, 0.05) is 17.7 Å². The van der Waals surface area contributed by atoms with Crippen LogP contribution in [-0.4, -0.2) is 15.1 Å². The fourth-order valence-electron chi connectivity index (χ4n) is 2.04. The van der Waals surface area contributed by atoms with Crippen molar-refractivity contribution in [3.8, 4) is 0 Å². The maximum Gasteiger partial charge on any atom is 0.423 e. The van der Waals surface area contributed by atoms with E-state index in [0.29, 0.717) is 12.0 Å². The molecule has 1 N–H and O–H groups in total. The van der Waals surface area contributed by atoms with Gasteiger partial charge in [-0.3, -0.25) is 10.1 Å². The molecule has 1 aliphatic rings. The molecular weight excluding hydrogens is 317 g/mol. The molecular formula is C13H11F3N4O3. The van der Waals surface area contributed by atoms with Gasteiger partial charge in [-0.05, 0) is 25.0 Å². The molecule has 0 amide bonds. The highest BCUT2D eigenvalue weighted by Crippen LogP contribution is 2.39. The van der Waals surface area contributed by atoms with Crippen LogP contribution >= 0.6 is 0 Å². The standard InChI is InChI=1S/C13H11F3N4O3/c14-13(15,16)9-5-8(3-4-10(9)20(21)22)17-6-11-18-19-12(23-11)7-1-2-7/h3-5,7,17H,1-2,6H2. The molecule has 2 aromatic rings. The number of rotatable bonds is 5. The van der Waals surface area contributed by atoms with Crippen LogP contribution < -0.4 is 5.32 Å². The van der Waals surface area contributed by atoms with Crippen LogP contribution in [0.3, 0.4) is 0 Å². The molecule has 1 saturated carbocycles. The minimum Gasteiger partial charge on any atom is -0.423 e. The Labute approximate surface area is 127 Å². The van der Waals surface area contributed by atoms with E-state index in [-0.39, 0.29) is 24.0 Å². The summed E-state index contributed by atoms with van der Waals surface area (Å²) in [5.74, 6) is 1.06. The Morgan fingerprint density at radius 3 is 2.70 bits per heavy atom. The summed E-state index contributed by atoms with van der Waals surface area (Å²) in [6, 6.07) is 2.70. The van der Waals surface area contributed by atoms with Gasteiger partial charge in [0.1, 0.15) is 5.56 Å². The van der Waals surface area contributed by atoms with Gasteiger partial charge in [-0.2, -0.15) is 13.2 Å². The molecule has 3 rings (SSSR count). The van der Waals surface area contributed by atoms with Crippen molar-refractivity contribution in [3.05, 3.63) is 45.7 Å². The lowest BCUT2D eigenvalue weighted by atomic mass is 10.1. The van der Waals surface area contributed by atoms with Crippen LogP contribution in [0, 0.1) is 10.1 Å². The van der Waals surface area contributed by atoms with Gasteiger partial charge < -0.3 is 9.73 Å². The molecule has 10 heteroatoms. The zero-order valence-electron chi connectivity index (χ0n) is 11.6. The van der Waals surface area contributed by atoms with Crippen LogP contribution in [0.1, 0.15) is 36.1 Å². The lowest BCUT2D eigenvalue weighted by Crippen LogP contribution is -2.10. The maximum absolute atomic E-state index is 12.9. The summed E-state index contributed by atoms with van der Waals surface area (Å²) in [5.41, 5.74) is -2.22. The normalized spacial score (nSPS) is 14.7. The highest BCUT2D eigenvalue weighted by molar-refractivity contribution is 5.55. The van der Waals surface area contributed by atoms with E-state index in [2.05, 4.69) is 15.5 Å². The second kappa shape index (κ2) is 5.52. The van der Waals surface area contributed by atoms with Crippen molar-refractivity contribution in [3.63, 3.8) is 0 Å². The Kier molecular flexibility index (Phi) is 3.66. The van der Waals surface area contributed by atoms with E-state index in [1.807, 2.05) is 0 Å². The number of nitro groups is 1. The number of nitro benzene ring substituents is 1. The fraction of sp³-hybridized carbons (Fsp3) is 0.385. The van der Waals surface area contributed by atoms with Crippen molar-refractivity contribution >= 4 is 11.4 Å². The van der Waals surface area contributed by atoms with Crippen LogP contribution in [0.25, 0.3) is 0 Å². The average molecular weight is 328 g/mol. The molecule has 1 aliphatic carbocycles. The monoisotopic (exact) mass is 328 g/mol. The summed E-state index contributed by atoms with van der Waals surface area (Å²) in [6.45, 7) is 0.0365. The van der Waals surface area contributed by atoms with Crippen molar-refractivity contribution < 1.29 is 22.5 Å². The highest BCUT2D eigenvalue weighted by atomic mass is 19.4. The van der Waals surface area contributed by atoms with Gasteiger partial charge in [-0.15, -0.1) is 10.2 Å². The Bertz CT molecular complexity index is 740. The SMILES string of the molecule is O=[N+]([O-])c1ccc(NCc2nnc(C3CC3)o2)cc1C(F)(F)F. The molecule has 0 bridgehead atoms. The predicted molar refractivity (Wildman–Crippen MR) is 71.7 cm³/mol. The Balaban J connectivity index is 1.75. The Hall–Kier alpha value is -2.65. The summed E-state index contributed by atoms with van der Waals surface area (Å²) >= 11 is 0. The van der Waals surface area contributed by atoms with Crippen LogP contribution in [0.5, 0.6) is 0 Å². The number of hydrogen-bond donors (Lipinski definition) is 1. The predicted octanol–water partition coefficient (Wildman–Crippen LogP) is 3.49. The molecule has 0 saturated heterocycles. The summed E-state index contributed by atoms with van der Waals surface area (Å²) in [4.78, 5) is 9.62. The number of halogens is 3. The minimum absolute atomic E-state index is 0.0365. The third-order valence-corrected chi connectivity index (χ3v) is 3.35. The van der Waals surface area contributed by atoms with Crippen LogP contribution in [0.4, 0.5) is 24.5 Å². The summed E-state index contributed by atoms with van der Waals surface area (Å²) in [7, 11) is 0. The van der Waals surface area contributed by atoms with Crippen LogP contribution in [0.15, 0.2) is 22.6 Å². The van der Waals surface area contributed by atoms with E-state index in [9.17, 15) is 23.3 Å². The van der Waals surface area contributed by atoms with Gasteiger partial charge in [-0.1, -0.05) is 0 Å². The number of aromatic nitrogens is 2. The molecule has 1 heterocycles. The molecule has 7 nitrogen and oxygen atoms in total. The maximum atomic E-state index is 12.9. The first kappa shape index (κ1) is 15.3. The number of nitrogens with one attached hydrogen (secondary N) is 1. The van der Waals surface area contributed by atoms with Gasteiger partial charge in [0.25, 0.3) is 5.69 Å². The van der Waals surface area contributed by atoms with Gasteiger partial charge in [0.2, 0.25) is 11.8 Å². The first-order valence-electron chi connectivity index (χ1n) is 6.76. The minimum atomic E-state index is -4.82. The first-order chi connectivity index (χ1) is 10.8. The Morgan fingerprint density at radius 1 is 1.35 bits per heavy atom. The lowest BCUT2D eigenvalue weighted by Gasteiger charge is -2.10. The molecule has 1 fully saturated rings. The molecule has 0 unspecified atom stereocenters. The van der Waals surface area contributed by atoms with E-state index >= 15 is 0 Å². The van der Waals surface area contributed by atoms with Gasteiger partial charge >= 0.3 is 6.18 Å². The first-order valence-corrected chi connectivity index (χ1v) is 6.76. The zero-order valence-corrected chi connectivity index (χ0v) is 11.6. The lowest BCUT2D eigenvalue weighted by molar-refractivity contribution is -0.388. The van der Waals surface area contributed by atoms with Crippen LogP contribution in [0.2, 0.25) is 0 Å². The van der Waals surface area contributed by atoms with Crippen molar-refractivity contribution in [2.75, 3.05) is 5.32 Å². The molecule has 0 atom stereocenters. The number of nitrogens with zero attached hydrogens (tertiary/aromatic N) is 3. The molecule has 122 valence electrons. The second-order valence-corrected chi connectivity index (χ2v) is 5.15. The molecule has 1 aromatic carbocycles. The summed E-state index contributed by atoms with van der Waals surface area (Å²) < 4.78 is 44.0. The van der Waals surface area contributed by atoms with E-state index in [0.717, 1.165) is 18.9 Å². The summed E-state index contributed by atoms with van der Waals surface area (Å²) in [6.07, 6.45) is -2.83.